The Bertz CT molecular complexity index is 596. The molecule has 5 heteroatoms. The Hall–Kier alpha value is -1.93. The smallest absolute Gasteiger partial charge is 0.308 e. The van der Waals surface area contributed by atoms with Gasteiger partial charge in [-0.25, -0.2) is 4.39 Å². The lowest BCUT2D eigenvalue weighted by molar-refractivity contribution is -0.142. The second-order valence-corrected chi connectivity index (χ2v) is 5.56. The maximum absolute atomic E-state index is 13.4. The number of carbonyl (C=O) groups is 1. The van der Waals surface area contributed by atoms with Crippen LogP contribution in [0.5, 0.6) is 0 Å². The van der Waals surface area contributed by atoms with Gasteiger partial charge in [0, 0.05) is 18.6 Å². The number of carboxylic acid groups (broad SMARTS) is 1. The number of nitriles is 1. The summed E-state index contributed by atoms with van der Waals surface area (Å²) in [4.78, 5) is 13.4. The largest absolute Gasteiger partial charge is 0.481 e. The van der Waals surface area contributed by atoms with Gasteiger partial charge in [0.05, 0.1) is 17.6 Å². The van der Waals surface area contributed by atoms with Crippen molar-refractivity contribution >= 4 is 5.97 Å². The van der Waals surface area contributed by atoms with Gasteiger partial charge in [-0.15, -0.1) is 0 Å². The molecular formula is C15H15FN2O2. The number of nitrogens with zero attached hydrogens (tertiary/aromatic N) is 2. The third kappa shape index (κ3) is 2.06. The van der Waals surface area contributed by atoms with E-state index in [1.807, 2.05) is 0 Å². The van der Waals surface area contributed by atoms with E-state index in [4.69, 9.17) is 5.26 Å². The third-order valence-electron chi connectivity index (χ3n) is 4.54. The first-order valence-electron chi connectivity index (χ1n) is 6.77. The lowest BCUT2D eigenvalue weighted by atomic mass is 9.89. The second kappa shape index (κ2) is 4.88. The molecule has 2 fully saturated rings. The number of benzene rings is 1. The third-order valence-corrected chi connectivity index (χ3v) is 4.54. The first-order valence-corrected chi connectivity index (χ1v) is 6.77. The van der Waals surface area contributed by atoms with E-state index < -0.39 is 5.97 Å². The fraction of sp³-hybridized carbons (Fsp3) is 0.467. The van der Waals surface area contributed by atoms with Crippen LogP contribution in [-0.2, 0) is 11.3 Å². The number of hydrogen-bond donors (Lipinski definition) is 1. The van der Waals surface area contributed by atoms with Crippen LogP contribution in [0.1, 0.15) is 30.4 Å². The van der Waals surface area contributed by atoms with Crippen molar-refractivity contribution < 1.29 is 14.3 Å². The predicted octanol–water partition coefficient (Wildman–Crippen LogP) is 2.13. The van der Waals surface area contributed by atoms with E-state index in [-0.39, 0.29) is 23.8 Å². The van der Waals surface area contributed by atoms with Crippen LogP contribution in [0.3, 0.4) is 0 Å². The highest BCUT2D eigenvalue weighted by molar-refractivity contribution is 5.71. The maximum atomic E-state index is 13.4. The van der Waals surface area contributed by atoms with Gasteiger partial charge in [0.1, 0.15) is 5.82 Å². The Labute approximate surface area is 116 Å². The molecule has 0 saturated carbocycles. The van der Waals surface area contributed by atoms with Crippen LogP contribution in [0.2, 0.25) is 0 Å². The molecule has 1 aromatic carbocycles. The van der Waals surface area contributed by atoms with Crippen LogP contribution < -0.4 is 0 Å². The average molecular weight is 274 g/mol. The fourth-order valence-electron chi connectivity index (χ4n) is 3.61. The molecule has 0 aliphatic carbocycles. The Morgan fingerprint density at radius 3 is 2.95 bits per heavy atom. The van der Waals surface area contributed by atoms with E-state index in [0.29, 0.717) is 24.1 Å². The summed E-state index contributed by atoms with van der Waals surface area (Å²) in [5.74, 6) is -1.44. The van der Waals surface area contributed by atoms with Crippen LogP contribution in [-0.4, -0.2) is 28.1 Å². The molecule has 20 heavy (non-hydrogen) atoms. The van der Waals surface area contributed by atoms with E-state index in [2.05, 4.69) is 11.0 Å². The summed E-state index contributed by atoms with van der Waals surface area (Å²) in [5.41, 5.74) is 1.11. The van der Waals surface area contributed by atoms with E-state index in [9.17, 15) is 14.3 Å². The van der Waals surface area contributed by atoms with Gasteiger partial charge in [-0.2, -0.15) is 5.26 Å². The fourth-order valence-corrected chi connectivity index (χ4v) is 3.61. The van der Waals surface area contributed by atoms with Gasteiger partial charge in [-0.1, -0.05) is 0 Å². The standard InChI is InChI=1S/C15H15FN2O2/c16-11-2-1-9(7-17)10(5-11)8-18-12-3-4-14(18)13(6-12)15(19)20/h1-2,5,12-14H,3-4,6,8H2,(H,19,20). The molecular weight excluding hydrogens is 259 g/mol. The second-order valence-electron chi connectivity index (χ2n) is 5.56. The number of carboxylic acids is 1. The summed E-state index contributed by atoms with van der Waals surface area (Å²) in [6.07, 6.45) is 2.53. The van der Waals surface area contributed by atoms with Crippen molar-refractivity contribution in [2.75, 3.05) is 0 Å². The highest BCUT2D eigenvalue weighted by Gasteiger charge is 2.49. The summed E-state index contributed by atoms with van der Waals surface area (Å²) in [6.45, 7) is 0.458. The molecule has 0 spiro atoms. The monoisotopic (exact) mass is 274 g/mol. The molecule has 0 amide bonds. The minimum atomic E-state index is -0.748. The number of rotatable bonds is 3. The van der Waals surface area contributed by atoms with Crippen LogP contribution in [0.4, 0.5) is 4.39 Å². The molecule has 1 N–H and O–H groups in total. The van der Waals surface area contributed by atoms with E-state index in [1.165, 1.54) is 18.2 Å². The van der Waals surface area contributed by atoms with Crippen molar-refractivity contribution in [2.45, 2.75) is 37.9 Å². The van der Waals surface area contributed by atoms with Gasteiger partial charge in [-0.05, 0) is 43.0 Å². The van der Waals surface area contributed by atoms with Gasteiger partial charge in [-0.3, -0.25) is 9.69 Å². The topological polar surface area (TPSA) is 64.3 Å². The van der Waals surface area contributed by atoms with Crippen LogP contribution in [0.25, 0.3) is 0 Å². The molecule has 2 saturated heterocycles. The highest BCUT2D eigenvalue weighted by atomic mass is 19.1. The quantitative estimate of drug-likeness (QED) is 0.917. The average Bonchev–Trinajstić information content (AvgIpc) is 2.96. The van der Waals surface area contributed by atoms with Gasteiger partial charge >= 0.3 is 5.97 Å². The first-order chi connectivity index (χ1) is 9.60. The first kappa shape index (κ1) is 13.1. The molecule has 1 aromatic rings. The Kier molecular flexibility index (Phi) is 3.19. The van der Waals surface area contributed by atoms with Crippen LogP contribution in [0.15, 0.2) is 18.2 Å². The van der Waals surface area contributed by atoms with Gasteiger partial charge < -0.3 is 5.11 Å². The zero-order valence-corrected chi connectivity index (χ0v) is 10.9. The van der Waals surface area contributed by atoms with Gasteiger partial charge in [0.2, 0.25) is 0 Å². The number of fused-ring (bicyclic) bond motifs is 2. The van der Waals surface area contributed by atoms with E-state index >= 15 is 0 Å². The predicted molar refractivity (Wildman–Crippen MR) is 69.2 cm³/mol. The summed E-state index contributed by atoms with van der Waals surface area (Å²) in [5, 5.41) is 18.3. The molecule has 2 aliphatic rings. The van der Waals surface area contributed by atoms with Crippen molar-refractivity contribution in [1.82, 2.24) is 4.90 Å². The summed E-state index contributed by atoms with van der Waals surface area (Å²) < 4.78 is 13.4. The van der Waals surface area contributed by atoms with Crippen molar-refractivity contribution in [3.05, 3.63) is 35.1 Å². The zero-order valence-electron chi connectivity index (χ0n) is 10.9. The van der Waals surface area contributed by atoms with Crippen molar-refractivity contribution in [1.29, 1.82) is 5.26 Å². The minimum absolute atomic E-state index is 0.0207. The molecule has 0 radical (unpaired) electrons. The Morgan fingerprint density at radius 1 is 1.50 bits per heavy atom. The normalized spacial score (nSPS) is 28.5. The van der Waals surface area contributed by atoms with E-state index in [1.54, 1.807) is 0 Å². The molecule has 3 unspecified atom stereocenters. The van der Waals surface area contributed by atoms with Crippen LogP contribution in [0, 0.1) is 23.1 Å². The minimum Gasteiger partial charge on any atom is -0.481 e. The summed E-state index contributed by atoms with van der Waals surface area (Å²) >= 11 is 0. The molecule has 0 aromatic heterocycles. The lowest BCUT2D eigenvalue weighted by Gasteiger charge is -2.23. The maximum Gasteiger partial charge on any atom is 0.308 e. The SMILES string of the molecule is N#Cc1ccc(F)cc1CN1C2CCC1C(C(=O)O)C2. The highest BCUT2D eigenvalue weighted by Crippen LogP contribution is 2.42. The molecule has 3 atom stereocenters. The Balaban J connectivity index is 1.84. The summed E-state index contributed by atoms with van der Waals surface area (Å²) in [7, 11) is 0. The van der Waals surface area contributed by atoms with Gasteiger partial charge in [0.15, 0.2) is 0 Å². The molecule has 3 rings (SSSR count). The van der Waals surface area contributed by atoms with Crippen molar-refractivity contribution in [2.24, 2.45) is 5.92 Å². The van der Waals surface area contributed by atoms with Gasteiger partial charge in [0.25, 0.3) is 0 Å². The van der Waals surface area contributed by atoms with E-state index in [0.717, 1.165) is 12.8 Å². The molecule has 2 heterocycles. The van der Waals surface area contributed by atoms with Crippen molar-refractivity contribution in [3.63, 3.8) is 0 Å². The Morgan fingerprint density at radius 2 is 2.30 bits per heavy atom. The lowest BCUT2D eigenvalue weighted by Crippen LogP contribution is -2.32. The molecule has 4 nitrogen and oxygen atoms in total. The summed E-state index contributed by atoms with van der Waals surface area (Å²) in [6, 6.07) is 6.48. The number of hydrogen-bond acceptors (Lipinski definition) is 3. The number of halogens is 1. The van der Waals surface area contributed by atoms with Crippen LogP contribution >= 0.6 is 0 Å². The van der Waals surface area contributed by atoms with Crippen molar-refractivity contribution in [3.8, 4) is 6.07 Å². The zero-order chi connectivity index (χ0) is 14.3. The number of aliphatic carboxylic acids is 1. The molecule has 104 valence electrons. The molecule has 2 aliphatic heterocycles. The molecule has 2 bridgehead atoms.